The molecule has 4 nitrogen and oxygen atoms in total. The fourth-order valence-corrected chi connectivity index (χ4v) is 2.53. The molecule has 0 saturated heterocycles. The SMILES string of the molecule is CNC(C)c1csc(NC(=O)Cc2cccc(F)c2F)n1. The van der Waals surface area contributed by atoms with Gasteiger partial charge >= 0.3 is 0 Å². The fraction of sp³-hybridized carbons (Fsp3) is 0.286. The molecule has 0 fully saturated rings. The Morgan fingerprint density at radius 2 is 2.19 bits per heavy atom. The van der Waals surface area contributed by atoms with Crippen LogP contribution in [0.15, 0.2) is 23.6 Å². The van der Waals surface area contributed by atoms with Crippen LogP contribution in [0.25, 0.3) is 0 Å². The predicted molar refractivity (Wildman–Crippen MR) is 78.3 cm³/mol. The van der Waals surface area contributed by atoms with Crippen LogP contribution in [0.5, 0.6) is 0 Å². The Balaban J connectivity index is 2.02. The average molecular weight is 311 g/mol. The standard InChI is InChI=1S/C14H15F2N3OS/c1-8(17-2)11-7-21-14(18-11)19-12(20)6-9-4-3-5-10(15)13(9)16/h3-5,7-8,17H,6H2,1-2H3,(H,18,19,20). The highest BCUT2D eigenvalue weighted by atomic mass is 32.1. The molecule has 2 N–H and O–H groups in total. The quantitative estimate of drug-likeness (QED) is 0.893. The Morgan fingerprint density at radius 3 is 2.90 bits per heavy atom. The van der Waals surface area contributed by atoms with Gasteiger partial charge in [0, 0.05) is 17.0 Å². The number of hydrogen-bond acceptors (Lipinski definition) is 4. The van der Waals surface area contributed by atoms with Gasteiger partial charge in [0.1, 0.15) is 0 Å². The van der Waals surface area contributed by atoms with Crippen LogP contribution in [0.1, 0.15) is 24.2 Å². The monoisotopic (exact) mass is 311 g/mol. The van der Waals surface area contributed by atoms with Crippen LogP contribution in [0.4, 0.5) is 13.9 Å². The molecule has 0 saturated carbocycles. The first kappa shape index (κ1) is 15.5. The minimum absolute atomic E-state index is 0.0212. The summed E-state index contributed by atoms with van der Waals surface area (Å²) in [7, 11) is 1.81. The maximum atomic E-state index is 13.5. The fourth-order valence-electron chi connectivity index (χ4n) is 1.71. The summed E-state index contributed by atoms with van der Waals surface area (Å²) in [4.78, 5) is 16.1. The number of aromatic nitrogens is 1. The van der Waals surface area contributed by atoms with Crippen molar-refractivity contribution >= 4 is 22.4 Å². The summed E-state index contributed by atoms with van der Waals surface area (Å²) < 4.78 is 26.5. The Hall–Kier alpha value is -1.86. The van der Waals surface area contributed by atoms with Gasteiger partial charge in [0.05, 0.1) is 12.1 Å². The van der Waals surface area contributed by atoms with Gasteiger partial charge in [0.15, 0.2) is 16.8 Å². The molecule has 7 heteroatoms. The van der Waals surface area contributed by atoms with Crippen LogP contribution >= 0.6 is 11.3 Å². The molecular weight excluding hydrogens is 296 g/mol. The normalized spacial score (nSPS) is 12.2. The third-order valence-corrected chi connectivity index (χ3v) is 3.80. The molecule has 1 unspecified atom stereocenters. The highest BCUT2D eigenvalue weighted by molar-refractivity contribution is 7.13. The largest absolute Gasteiger partial charge is 0.312 e. The number of carbonyl (C=O) groups is 1. The number of thiazole rings is 1. The first-order valence-corrected chi connectivity index (χ1v) is 7.24. The van der Waals surface area contributed by atoms with Crippen LogP contribution in [0, 0.1) is 11.6 Å². The maximum Gasteiger partial charge on any atom is 0.230 e. The second-order valence-electron chi connectivity index (χ2n) is 4.53. The van der Waals surface area contributed by atoms with Crippen LogP contribution in [0.2, 0.25) is 0 Å². The van der Waals surface area contributed by atoms with Crippen molar-refractivity contribution in [1.82, 2.24) is 10.3 Å². The van der Waals surface area contributed by atoms with E-state index in [-0.39, 0.29) is 18.0 Å². The first-order chi connectivity index (χ1) is 10.0. The van der Waals surface area contributed by atoms with Gasteiger partial charge in [0.2, 0.25) is 5.91 Å². The molecule has 0 aliphatic heterocycles. The molecule has 1 atom stereocenters. The first-order valence-electron chi connectivity index (χ1n) is 6.36. The molecular formula is C14H15F2N3OS. The van der Waals surface area contributed by atoms with E-state index < -0.39 is 17.5 Å². The second-order valence-corrected chi connectivity index (χ2v) is 5.38. The number of carbonyl (C=O) groups excluding carboxylic acids is 1. The minimum atomic E-state index is -0.990. The molecule has 0 radical (unpaired) electrons. The van der Waals surface area contributed by atoms with Crippen molar-refractivity contribution in [2.24, 2.45) is 0 Å². The molecule has 1 aromatic carbocycles. The van der Waals surface area contributed by atoms with Crippen molar-refractivity contribution in [3.05, 3.63) is 46.5 Å². The van der Waals surface area contributed by atoms with Gasteiger partial charge in [0.25, 0.3) is 0 Å². The summed E-state index contributed by atoms with van der Waals surface area (Å²) in [6.07, 6.45) is -0.236. The number of amides is 1. The Labute approximate surface area is 125 Å². The van der Waals surface area contributed by atoms with E-state index in [0.29, 0.717) is 5.13 Å². The second kappa shape index (κ2) is 6.73. The number of halogens is 2. The summed E-state index contributed by atoms with van der Waals surface area (Å²) in [5, 5.41) is 7.90. The number of rotatable bonds is 5. The molecule has 2 aromatic rings. The van der Waals surface area contributed by atoms with Gasteiger partial charge in [-0.25, -0.2) is 13.8 Å². The topological polar surface area (TPSA) is 54.0 Å². The van der Waals surface area contributed by atoms with Crippen molar-refractivity contribution < 1.29 is 13.6 Å². The lowest BCUT2D eigenvalue weighted by molar-refractivity contribution is -0.115. The van der Waals surface area contributed by atoms with E-state index in [9.17, 15) is 13.6 Å². The van der Waals surface area contributed by atoms with Gasteiger partial charge < -0.3 is 10.6 Å². The summed E-state index contributed by atoms with van der Waals surface area (Å²) in [6.45, 7) is 1.95. The molecule has 112 valence electrons. The minimum Gasteiger partial charge on any atom is -0.312 e. The van der Waals surface area contributed by atoms with E-state index in [1.807, 2.05) is 19.4 Å². The summed E-state index contributed by atoms with van der Waals surface area (Å²) in [5.74, 6) is -2.38. The highest BCUT2D eigenvalue weighted by Crippen LogP contribution is 2.20. The van der Waals surface area contributed by atoms with Crippen molar-refractivity contribution in [3.8, 4) is 0 Å². The zero-order valence-corrected chi connectivity index (χ0v) is 12.4. The molecule has 21 heavy (non-hydrogen) atoms. The van der Waals surface area contributed by atoms with Gasteiger partial charge in [-0.3, -0.25) is 4.79 Å². The highest BCUT2D eigenvalue weighted by Gasteiger charge is 2.14. The summed E-state index contributed by atoms with van der Waals surface area (Å²) >= 11 is 1.29. The van der Waals surface area contributed by atoms with Gasteiger partial charge in [-0.1, -0.05) is 12.1 Å². The summed E-state index contributed by atoms with van der Waals surface area (Å²) in [5.41, 5.74) is 0.836. The van der Waals surface area contributed by atoms with Crippen LogP contribution in [-0.2, 0) is 11.2 Å². The predicted octanol–water partition coefficient (Wildman–Crippen LogP) is 2.88. The van der Waals surface area contributed by atoms with E-state index in [4.69, 9.17) is 0 Å². The van der Waals surface area contributed by atoms with Gasteiger partial charge in [-0.2, -0.15) is 0 Å². The Bertz CT molecular complexity index is 645. The third kappa shape index (κ3) is 3.83. The molecule has 0 spiro atoms. The smallest absolute Gasteiger partial charge is 0.230 e. The van der Waals surface area contributed by atoms with Crippen molar-refractivity contribution in [1.29, 1.82) is 0 Å². The van der Waals surface area contributed by atoms with Gasteiger partial charge in [-0.05, 0) is 20.0 Å². The van der Waals surface area contributed by atoms with Gasteiger partial charge in [-0.15, -0.1) is 11.3 Å². The molecule has 2 rings (SSSR count). The number of benzene rings is 1. The molecule has 0 aliphatic carbocycles. The van der Waals surface area contributed by atoms with E-state index in [2.05, 4.69) is 15.6 Å². The molecule has 0 bridgehead atoms. The zero-order chi connectivity index (χ0) is 15.4. The van der Waals surface area contributed by atoms with E-state index in [1.54, 1.807) is 0 Å². The average Bonchev–Trinajstić information content (AvgIpc) is 2.91. The number of hydrogen-bond donors (Lipinski definition) is 2. The Kier molecular flexibility index (Phi) is 4.98. The number of anilines is 1. The van der Waals surface area contributed by atoms with E-state index >= 15 is 0 Å². The lowest BCUT2D eigenvalue weighted by Gasteiger charge is -2.06. The van der Waals surface area contributed by atoms with Crippen LogP contribution in [0.3, 0.4) is 0 Å². The van der Waals surface area contributed by atoms with Crippen LogP contribution in [-0.4, -0.2) is 17.9 Å². The third-order valence-electron chi connectivity index (χ3n) is 3.03. The van der Waals surface area contributed by atoms with Crippen molar-refractivity contribution in [3.63, 3.8) is 0 Å². The zero-order valence-electron chi connectivity index (χ0n) is 11.6. The maximum absolute atomic E-state index is 13.5. The number of nitrogens with one attached hydrogen (secondary N) is 2. The molecule has 1 amide bonds. The lowest BCUT2D eigenvalue weighted by atomic mass is 10.1. The molecule has 0 aliphatic rings. The lowest BCUT2D eigenvalue weighted by Crippen LogP contribution is -2.16. The van der Waals surface area contributed by atoms with Crippen LogP contribution < -0.4 is 10.6 Å². The molecule has 1 heterocycles. The van der Waals surface area contributed by atoms with Crippen molar-refractivity contribution in [2.45, 2.75) is 19.4 Å². The Morgan fingerprint density at radius 1 is 1.43 bits per heavy atom. The van der Waals surface area contributed by atoms with E-state index in [0.717, 1.165) is 11.8 Å². The van der Waals surface area contributed by atoms with Crippen molar-refractivity contribution in [2.75, 3.05) is 12.4 Å². The molecule has 1 aromatic heterocycles. The number of nitrogens with zero attached hydrogens (tertiary/aromatic N) is 1. The summed E-state index contributed by atoms with van der Waals surface area (Å²) in [6, 6.07) is 3.85. The van der Waals surface area contributed by atoms with E-state index in [1.165, 1.54) is 23.5 Å².